The van der Waals surface area contributed by atoms with Crippen molar-refractivity contribution in [1.82, 2.24) is 0 Å². The normalized spacial score (nSPS) is 13.6. The fraction of sp³-hybridized carbons (Fsp3) is 0.0476. The lowest BCUT2D eigenvalue weighted by Gasteiger charge is -2.28. The smallest absolute Gasteiger partial charge is 0.136 e. The van der Waals surface area contributed by atoms with Crippen molar-refractivity contribution >= 4 is 71.3 Å². The van der Waals surface area contributed by atoms with Gasteiger partial charge in [-0.1, -0.05) is 176 Å². The molecule has 2 nitrogen and oxygen atoms in total. The van der Waals surface area contributed by atoms with Crippen LogP contribution in [0.15, 0.2) is 235 Å². The van der Waals surface area contributed by atoms with Gasteiger partial charge in [0.05, 0.1) is 0 Å². The highest BCUT2D eigenvalue weighted by molar-refractivity contribution is 6.17. The number of nitrogens with zero attached hydrogens (tertiary/aromatic N) is 1. The third-order valence-corrected chi connectivity index (χ3v) is 13.8. The molecule has 65 heavy (non-hydrogen) atoms. The molecule has 1 heterocycles. The van der Waals surface area contributed by atoms with Gasteiger partial charge in [0.1, 0.15) is 11.2 Å². The lowest BCUT2D eigenvalue weighted by molar-refractivity contribution is 0.667. The maximum absolute atomic E-state index is 6.69. The molecule has 11 aromatic carbocycles. The summed E-state index contributed by atoms with van der Waals surface area (Å²) in [5, 5.41) is 9.92. The molecule has 0 aliphatic heterocycles. The van der Waals surface area contributed by atoms with E-state index in [-0.39, 0.29) is 5.92 Å². The van der Waals surface area contributed by atoms with E-state index >= 15 is 0 Å². The van der Waals surface area contributed by atoms with E-state index in [4.69, 9.17) is 4.42 Å². The number of furan rings is 1. The van der Waals surface area contributed by atoms with Gasteiger partial charge in [0, 0.05) is 39.3 Å². The van der Waals surface area contributed by atoms with Crippen molar-refractivity contribution < 1.29 is 4.42 Å². The summed E-state index contributed by atoms with van der Waals surface area (Å²) in [6, 6.07) is 84.8. The zero-order chi connectivity index (χ0) is 42.8. The molecule has 1 aromatic heterocycles. The minimum absolute atomic E-state index is 0.148. The third kappa shape index (κ3) is 6.25. The van der Waals surface area contributed by atoms with Crippen LogP contribution in [0.25, 0.3) is 87.6 Å². The van der Waals surface area contributed by atoms with E-state index < -0.39 is 0 Å². The first-order valence-corrected chi connectivity index (χ1v) is 22.8. The standard InChI is InChI=1S/C63H43NO/c1-3-16-43(17-4-1)62-61-47(39-60-63(62)56-25-13-14-26-59(56)65-60)31-35-52(46-28-27-41-15-7-8-18-44(41)37-46)58-40-50(34-36-55(58)61)64(48-20-5-2-6-21-48)49-32-29-42(30-33-49)57-38-45-19-9-10-22-51(45)53-23-11-12-24-54(53)57/h1-30,32-34,36-40,52H,31,35H2. The van der Waals surface area contributed by atoms with Gasteiger partial charge in [-0.3, -0.25) is 0 Å². The van der Waals surface area contributed by atoms with E-state index in [0.29, 0.717) is 0 Å². The maximum atomic E-state index is 6.69. The van der Waals surface area contributed by atoms with E-state index in [1.165, 1.54) is 87.8 Å². The predicted molar refractivity (Wildman–Crippen MR) is 274 cm³/mol. The SMILES string of the molecule is c1ccc(-c2c3c(cc4oc5ccccc5c24)CCC(c2ccc4ccccc4c2)c2cc(N(c4ccccc4)c4ccc(-c5cc6ccccc6c6ccccc56)cc4)ccc2-3)cc1. The van der Waals surface area contributed by atoms with Gasteiger partial charge in [0.15, 0.2) is 0 Å². The molecule has 0 spiro atoms. The second kappa shape index (κ2) is 15.3. The fourth-order valence-corrected chi connectivity index (χ4v) is 10.9. The number of aryl methyl sites for hydroxylation is 1. The fourth-order valence-electron chi connectivity index (χ4n) is 10.9. The van der Waals surface area contributed by atoms with Crippen LogP contribution in [0.4, 0.5) is 17.1 Å². The Morgan fingerprint density at radius 3 is 1.85 bits per heavy atom. The van der Waals surface area contributed by atoms with Crippen LogP contribution in [-0.2, 0) is 6.42 Å². The maximum Gasteiger partial charge on any atom is 0.136 e. The highest BCUT2D eigenvalue weighted by Gasteiger charge is 2.30. The van der Waals surface area contributed by atoms with Crippen molar-refractivity contribution in [2.45, 2.75) is 18.8 Å². The molecule has 1 atom stereocenters. The lowest BCUT2D eigenvalue weighted by Crippen LogP contribution is -2.11. The molecule has 1 aliphatic rings. The minimum Gasteiger partial charge on any atom is -0.456 e. The molecule has 2 heteroatoms. The summed E-state index contributed by atoms with van der Waals surface area (Å²) in [4.78, 5) is 2.43. The van der Waals surface area contributed by atoms with Crippen molar-refractivity contribution in [2.24, 2.45) is 0 Å². The molecule has 0 radical (unpaired) electrons. The Bertz CT molecular complexity index is 3770. The van der Waals surface area contributed by atoms with Crippen LogP contribution in [-0.4, -0.2) is 0 Å². The minimum atomic E-state index is 0.148. The highest BCUT2D eigenvalue weighted by Crippen LogP contribution is 2.52. The quantitative estimate of drug-likeness (QED) is 0.155. The van der Waals surface area contributed by atoms with E-state index in [9.17, 15) is 0 Å². The third-order valence-electron chi connectivity index (χ3n) is 13.8. The molecule has 0 N–H and O–H groups in total. The second-order valence-electron chi connectivity index (χ2n) is 17.5. The first-order valence-electron chi connectivity index (χ1n) is 22.8. The van der Waals surface area contributed by atoms with Gasteiger partial charge in [-0.2, -0.15) is 0 Å². The second-order valence-corrected chi connectivity index (χ2v) is 17.5. The predicted octanol–water partition coefficient (Wildman–Crippen LogP) is 17.6. The van der Waals surface area contributed by atoms with E-state index in [0.717, 1.165) is 46.5 Å². The molecular weight excluding hydrogens is 787 g/mol. The number of anilines is 3. The van der Waals surface area contributed by atoms with Crippen molar-refractivity contribution in [3.05, 3.63) is 247 Å². The van der Waals surface area contributed by atoms with Crippen molar-refractivity contribution in [2.75, 3.05) is 4.90 Å². The Kier molecular flexibility index (Phi) is 8.77. The van der Waals surface area contributed by atoms with Crippen molar-refractivity contribution in [1.29, 1.82) is 0 Å². The molecule has 13 rings (SSSR count). The zero-order valence-electron chi connectivity index (χ0n) is 35.8. The monoisotopic (exact) mass is 829 g/mol. The molecule has 0 amide bonds. The molecule has 12 aromatic rings. The Labute approximate surface area is 378 Å². The summed E-state index contributed by atoms with van der Waals surface area (Å²) < 4.78 is 6.69. The van der Waals surface area contributed by atoms with Gasteiger partial charge in [0.2, 0.25) is 0 Å². The average molecular weight is 830 g/mol. The van der Waals surface area contributed by atoms with Crippen LogP contribution in [0, 0.1) is 0 Å². The number of benzene rings is 11. The number of para-hydroxylation sites is 2. The summed E-state index contributed by atoms with van der Waals surface area (Å²) >= 11 is 0. The van der Waals surface area contributed by atoms with Crippen molar-refractivity contribution in [3.63, 3.8) is 0 Å². The topological polar surface area (TPSA) is 16.4 Å². The summed E-state index contributed by atoms with van der Waals surface area (Å²) in [5.41, 5.74) is 16.7. The summed E-state index contributed by atoms with van der Waals surface area (Å²) in [6.45, 7) is 0. The number of rotatable bonds is 6. The molecule has 0 fully saturated rings. The molecular formula is C63H43NO. The summed E-state index contributed by atoms with van der Waals surface area (Å²) in [6.07, 6.45) is 1.87. The Hall–Kier alpha value is -8.20. The molecule has 0 saturated carbocycles. The molecule has 306 valence electrons. The highest BCUT2D eigenvalue weighted by atomic mass is 16.3. The average Bonchev–Trinajstić information content (AvgIpc) is 3.66. The zero-order valence-corrected chi connectivity index (χ0v) is 35.8. The van der Waals surface area contributed by atoms with Crippen LogP contribution in [0.1, 0.15) is 29.0 Å². The van der Waals surface area contributed by atoms with Crippen LogP contribution < -0.4 is 4.90 Å². The van der Waals surface area contributed by atoms with Gasteiger partial charge < -0.3 is 9.32 Å². The summed E-state index contributed by atoms with van der Waals surface area (Å²) in [7, 11) is 0. The Morgan fingerprint density at radius 1 is 0.385 bits per heavy atom. The first kappa shape index (κ1) is 37.4. The molecule has 0 bridgehead atoms. The van der Waals surface area contributed by atoms with Crippen LogP contribution in [0.2, 0.25) is 0 Å². The van der Waals surface area contributed by atoms with Gasteiger partial charge in [-0.15, -0.1) is 0 Å². The Morgan fingerprint density at radius 2 is 1.03 bits per heavy atom. The van der Waals surface area contributed by atoms with Gasteiger partial charge in [0.25, 0.3) is 0 Å². The number of hydrogen-bond acceptors (Lipinski definition) is 2. The van der Waals surface area contributed by atoms with Crippen LogP contribution in [0.5, 0.6) is 0 Å². The van der Waals surface area contributed by atoms with E-state index in [1.54, 1.807) is 0 Å². The largest absolute Gasteiger partial charge is 0.456 e. The summed E-state index contributed by atoms with van der Waals surface area (Å²) in [5.74, 6) is 0.148. The molecule has 0 saturated heterocycles. The first-order chi connectivity index (χ1) is 32.2. The van der Waals surface area contributed by atoms with Gasteiger partial charge in [-0.25, -0.2) is 0 Å². The van der Waals surface area contributed by atoms with Gasteiger partial charge in [-0.05, 0) is 144 Å². The molecule has 1 unspecified atom stereocenters. The Balaban J connectivity index is 1.03. The van der Waals surface area contributed by atoms with Crippen LogP contribution >= 0.6 is 0 Å². The number of fused-ring (bicyclic) bond motifs is 10. The van der Waals surface area contributed by atoms with Crippen molar-refractivity contribution in [3.8, 4) is 33.4 Å². The lowest BCUT2D eigenvalue weighted by atomic mass is 9.83. The van der Waals surface area contributed by atoms with E-state index in [1.807, 2.05) is 0 Å². The van der Waals surface area contributed by atoms with E-state index in [2.05, 4.69) is 235 Å². The molecule has 1 aliphatic carbocycles. The number of hydrogen-bond donors (Lipinski definition) is 0. The van der Waals surface area contributed by atoms with Crippen LogP contribution in [0.3, 0.4) is 0 Å². The van der Waals surface area contributed by atoms with Gasteiger partial charge >= 0.3 is 0 Å².